The van der Waals surface area contributed by atoms with Crippen molar-refractivity contribution in [3.63, 3.8) is 0 Å². The van der Waals surface area contributed by atoms with Crippen molar-refractivity contribution in [2.45, 2.75) is 19.4 Å². The van der Waals surface area contributed by atoms with Crippen LogP contribution < -0.4 is 4.74 Å². The van der Waals surface area contributed by atoms with E-state index < -0.39 is 28.8 Å². The summed E-state index contributed by atoms with van der Waals surface area (Å²) in [5.41, 5.74) is -1.32. The Bertz CT molecular complexity index is 715. The summed E-state index contributed by atoms with van der Waals surface area (Å²) in [6.07, 6.45) is -4.67. The van der Waals surface area contributed by atoms with Gasteiger partial charge in [0.05, 0.1) is 11.1 Å². The lowest BCUT2D eigenvalue weighted by Crippen LogP contribution is -2.14. The topological polar surface area (TPSA) is 90.3 Å². The molecule has 10 heteroatoms. The van der Waals surface area contributed by atoms with Crippen molar-refractivity contribution >= 4 is 5.69 Å². The summed E-state index contributed by atoms with van der Waals surface area (Å²) in [4.78, 5) is 16.1. The number of hydrogen-bond acceptors (Lipinski definition) is 5. The zero-order valence-corrected chi connectivity index (χ0v) is 12.0. The Morgan fingerprint density at radius 2 is 2.09 bits per heavy atom. The summed E-state index contributed by atoms with van der Waals surface area (Å²) >= 11 is 0. The van der Waals surface area contributed by atoms with Crippen molar-refractivity contribution in [2.75, 3.05) is 7.11 Å². The maximum absolute atomic E-state index is 12.6. The highest BCUT2D eigenvalue weighted by atomic mass is 19.4. The van der Waals surface area contributed by atoms with Gasteiger partial charge in [0.1, 0.15) is 11.5 Å². The molecule has 0 saturated heterocycles. The minimum atomic E-state index is -4.58. The van der Waals surface area contributed by atoms with E-state index in [1.165, 1.54) is 19.2 Å². The number of nitro benzene ring substituents is 1. The Labute approximate surface area is 128 Å². The van der Waals surface area contributed by atoms with Crippen LogP contribution in [0.25, 0.3) is 11.4 Å². The fraction of sp³-hybridized carbons (Fsp3) is 0.308. The van der Waals surface area contributed by atoms with E-state index in [-0.39, 0.29) is 17.1 Å². The van der Waals surface area contributed by atoms with Crippen LogP contribution in [0.3, 0.4) is 0 Å². The van der Waals surface area contributed by atoms with Gasteiger partial charge >= 0.3 is 11.9 Å². The third-order valence-electron chi connectivity index (χ3n) is 2.94. The molecule has 0 aliphatic heterocycles. The predicted molar refractivity (Wildman–Crippen MR) is 72.8 cm³/mol. The molecule has 1 aromatic carbocycles. The number of nitrogens with one attached hydrogen (secondary N) is 1. The van der Waals surface area contributed by atoms with Gasteiger partial charge in [-0.25, -0.2) is 4.98 Å². The van der Waals surface area contributed by atoms with Gasteiger partial charge in [-0.3, -0.25) is 10.1 Å². The molecule has 0 bridgehead atoms. The summed E-state index contributed by atoms with van der Waals surface area (Å²) in [6.45, 7) is 1.54. The number of aromatic amines is 1. The Balaban J connectivity index is 2.39. The molecule has 2 aromatic rings. The van der Waals surface area contributed by atoms with Gasteiger partial charge in [0.15, 0.2) is 12.0 Å². The highest BCUT2D eigenvalue weighted by molar-refractivity contribution is 5.63. The zero-order valence-electron chi connectivity index (χ0n) is 12.0. The zero-order chi connectivity index (χ0) is 17.2. The number of benzene rings is 1. The van der Waals surface area contributed by atoms with E-state index in [1.54, 1.807) is 6.92 Å². The second kappa shape index (κ2) is 6.24. The standard InChI is InChI=1S/C13H12F3N3O4/c1-7(22-2)23-10-4-3-8(5-9(10)19(20)21)12-17-6-11(18-12)13(14,15)16/h3-7H,1-2H3,(H,17,18). The first-order valence-electron chi connectivity index (χ1n) is 6.33. The first kappa shape index (κ1) is 16.7. The summed E-state index contributed by atoms with van der Waals surface area (Å²) in [5, 5.41) is 11.1. The summed E-state index contributed by atoms with van der Waals surface area (Å²) in [7, 11) is 1.37. The van der Waals surface area contributed by atoms with Gasteiger partial charge in [-0.15, -0.1) is 0 Å². The van der Waals surface area contributed by atoms with E-state index in [0.29, 0.717) is 6.20 Å². The van der Waals surface area contributed by atoms with E-state index in [2.05, 4.69) is 9.97 Å². The van der Waals surface area contributed by atoms with E-state index in [4.69, 9.17) is 9.47 Å². The van der Waals surface area contributed by atoms with Crippen LogP contribution in [0.1, 0.15) is 12.6 Å². The van der Waals surface area contributed by atoms with Crippen LogP contribution in [0.2, 0.25) is 0 Å². The Morgan fingerprint density at radius 1 is 1.39 bits per heavy atom. The molecule has 0 amide bonds. The molecule has 0 saturated carbocycles. The molecule has 7 nitrogen and oxygen atoms in total. The van der Waals surface area contributed by atoms with Gasteiger partial charge in [0.25, 0.3) is 0 Å². The molecule has 1 atom stereocenters. The molecular formula is C13H12F3N3O4. The number of H-pyrrole nitrogens is 1. The summed E-state index contributed by atoms with van der Waals surface area (Å²) in [5.74, 6) is -0.192. The molecule has 23 heavy (non-hydrogen) atoms. The number of imidazole rings is 1. The van der Waals surface area contributed by atoms with E-state index in [9.17, 15) is 23.3 Å². The van der Waals surface area contributed by atoms with E-state index in [1.807, 2.05) is 0 Å². The Morgan fingerprint density at radius 3 is 2.61 bits per heavy atom. The molecular weight excluding hydrogens is 319 g/mol. The molecule has 1 unspecified atom stereocenters. The maximum atomic E-state index is 12.6. The van der Waals surface area contributed by atoms with E-state index >= 15 is 0 Å². The molecule has 2 rings (SSSR count). The number of aromatic nitrogens is 2. The van der Waals surface area contributed by atoms with Crippen LogP contribution in [0.15, 0.2) is 24.4 Å². The molecule has 1 aromatic heterocycles. The van der Waals surface area contributed by atoms with Crippen molar-refractivity contribution in [2.24, 2.45) is 0 Å². The third kappa shape index (κ3) is 3.77. The summed E-state index contributed by atoms with van der Waals surface area (Å²) < 4.78 is 47.8. The first-order chi connectivity index (χ1) is 10.7. The minimum Gasteiger partial charge on any atom is -0.458 e. The van der Waals surface area contributed by atoms with Crippen molar-refractivity contribution in [1.82, 2.24) is 9.97 Å². The lowest BCUT2D eigenvalue weighted by Gasteiger charge is -2.13. The lowest BCUT2D eigenvalue weighted by molar-refractivity contribution is -0.386. The van der Waals surface area contributed by atoms with Gasteiger partial charge in [-0.05, 0) is 19.1 Å². The number of nitro groups is 1. The predicted octanol–water partition coefficient (Wildman–Crippen LogP) is 3.37. The molecule has 0 radical (unpaired) electrons. The second-order valence-corrected chi connectivity index (χ2v) is 4.50. The van der Waals surface area contributed by atoms with Crippen LogP contribution in [0, 0.1) is 10.1 Å². The van der Waals surface area contributed by atoms with Gasteiger partial charge in [-0.1, -0.05) is 0 Å². The van der Waals surface area contributed by atoms with E-state index in [0.717, 1.165) is 6.07 Å². The smallest absolute Gasteiger partial charge is 0.432 e. The highest BCUT2D eigenvalue weighted by Crippen LogP contribution is 2.34. The van der Waals surface area contributed by atoms with Crippen LogP contribution in [0.5, 0.6) is 5.75 Å². The molecule has 0 aliphatic carbocycles. The number of ether oxygens (including phenoxy) is 2. The van der Waals surface area contributed by atoms with Crippen molar-refractivity contribution in [3.8, 4) is 17.1 Å². The fourth-order valence-corrected chi connectivity index (χ4v) is 1.75. The summed E-state index contributed by atoms with van der Waals surface area (Å²) in [6, 6.07) is 3.72. The minimum absolute atomic E-state index is 0.0595. The monoisotopic (exact) mass is 331 g/mol. The molecule has 0 fully saturated rings. The quantitative estimate of drug-likeness (QED) is 0.515. The Kier molecular flexibility index (Phi) is 4.55. The van der Waals surface area contributed by atoms with Gasteiger partial charge in [0.2, 0.25) is 0 Å². The van der Waals surface area contributed by atoms with Gasteiger partial charge in [0, 0.05) is 18.7 Å². The number of methoxy groups -OCH3 is 1. The number of hydrogen-bond donors (Lipinski definition) is 1. The van der Waals surface area contributed by atoms with Crippen LogP contribution in [0.4, 0.5) is 18.9 Å². The lowest BCUT2D eigenvalue weighted by atomic mass is 10.2. The van der Waals surface area contributed by atoms with Crippen molar-refractivity contribution in [1.29, 1.82) is 0 Å². The largest absolute Gasteiger partial charge is 0.458 e. The molecule has 1 N–H and O–H groups in total. The van der Waals surface area contributed by atoms with Crippen LogP contribution in [-0.2, 0) is 10.9 Å². The number of nitrogens with zero attached hydrogens (tertiary/aromatic N) is 2. The van der Waals surface area contributed by atoms with Crippen molar-refractivity contribution in [3.05, 3.63) is 40.2 Å². The maximum Gasteiger partial charge on any atom is 0.432 e. The number of alkyl halides is 3. The highest BCUT2D eigenvalue weighted by Gasteiger charge is 2.33. The van der Waals surface area contributed by atoms with Crippen LogP contribution in [-0.4, -0.2) is 28.3 Å². The Hall–Kier alpha value is -2.62. The number of halogens is 3. The molecule has 0 spiro atoms. The average Bonchev–Trinajstić information content (AvgIpc) is 2.97. The normalized spacial score (nSPS) is 12.9. The molecule has 1 heterocycles. The third-order valence-corrected chi connectivity index (χ3v) is 2.94. The second-order valence-electron chi connectivity index (χ2n) is 4.50. The van der Waals surface area contributed by atoms with Gasteiger partial charge < -0.3 is 14.5 Å². The first-order valence-corrected chi connectivity index (χ1v) is 6.33. The average molecular weight is 331 g/mol. The van der Waals surface area contributed by atoms with Crippen LogP contribution >= 0.6 is 0 Å². The number of rotatable bonds is 5. The van der Waals surface area contributed by atoms with Gasteiger partial charge in [-0.2, -0.15) is 13.2 Å². The molecule has 124 valence electrons. The SMILES string of the molecule is COC(C)Oc1ccc(-c2ncc(C(F)(F)F)[nH]2)cc1[N+](=O)[O-]. The van der Waals surface area contributed by atoms with Crippen molar-refractivity contribution < 1.29 is 27.6 Å². The molecule has 0 aliphatic rings. The fourth-order valence-electron chi connectivity index (χ4n) is 1.75.